The first kappa shape index (κ1) is 13.7. The Morgan fingerprint density at radius 2 is 2.35 bits per heavy atom. The maximum Gasteiger partial charge on any atom is 0.312 e. The Morgan fingerprint density at radius 1 is 1.60 bits per heavy atom. The number of carboxylic acid groups (broad SMARTS) is 1. The zero-order valence-electron chi connectivity index (χ0n) is 10.4. The van der Waals surface area contributed by atoms with Crippen molar-refractivity contribution in [3.05, 3.63) is 27.9 Å². The molecule has 2 N–H and O–H groups in total. The van der Waals surface area contributed by atoms with E-state index in [2.05, 4.69) is 10.3 Å². The van der Waals surface area contributed by atoms with Gasteiger partial charge in [-0.15, -0.1) is 0 Å². The van der Waals surface area contributed by atoms with Gasteiger partial charge in [-0.25, -0.2) is 4.98 Å². The molecule has 0 spiro atoms. The second-order valence-electron chi connectivity index (χ2n) is 4.59. The van der Waals surface area contributed by atoms with Gasteiger partial charge in [0.05, 0.1) is 16.4 Å². The predicted molar refractivity (Wildman–Crippen MR) is 68.0 cm³/mol. The van der Waals surface area contributed by atoms with E-state index < -0.39 is 16.8 Å². The maximum atomic E-state index is 11.1. The van der Waals surface area contributed by atoms with Gasteiger partial charge in [-0.2, -0.15) is 5.26 Å². The number of nitriles is 1. The number of carbonyl (C=O) groups is 1. The molecular formula is C12H12N4O4. The van der Waals surface area contributed by atoms with Gasteiger partial charge in [0, 0.05) is 18.3 Å². The van der Waals surface area contributed by atoms with E-state index in [0.29, 0.717) is 12.8 Å². The molecule has 2 unspecified atom stereocenters. The number of nitrogens with zero attached hydrogens (tertiary/aromatic N) is 3. The molecule has 1 aliphatic rings. The van der Waals surface area contributed by atoms with Gasteiger partial charge in [0.25, 0.3) is 0 Å². The van der Waals surface area contributed by atoms with Gasteiger partial charge in [0.1, 0.15) is 6.07 Å². The molecule has 1 saturated carbocycles. The van der Waals surface area contributed by atoms with Crippen LogP contribution in [0.1, 0.15) is 24.8 Å². The van der Waals surface area contributed by atoms with Crippen molar-refractivity contribution >= 4 is 17.5 Å². The summed E-state index contributed by atoms with van der Waals surface area (Å²) in [5.41, 5.74) is -0.233. The SMILES string of the molecule is N#Cc1cnc(NC2CCCC2C(=O)O)c([N+](=O)[O-])c1. The Hall–Kier alpha value is -2.69. The zero-order chi connectivity index (χ0) is 14.7. The fourth-order valence-corrected chi connectivity index (χ4v) is 2.37. The number of rotatable bonds is 4. The van der Waals surface area contributed by atoms with Crippen LogP contribution in [0.15, 0.2) is 12.3 Å². The fraction of sp³-hybridized carbons (Fsp3) is 0.417. The first-order valence-corrected chi connectivity index (χ1v) is 6.07. The van der Waals surface area contributed by atoms with E-state index in [-0.39, 0.29) is 23.1 Å². The van der Waals surface area contributed by atoms with Crippen LogP contribution in [0.5, 0.6) is 0 Å². The highest BCUT2D eigenvalue weighted by atomic mass is 16.6. The highest BCUT2D eigenvalue weighted by molar-refractivity contribution is 5.72. The van der Waals surface area contributed by atoms with Crippen LogP contribution in [0.2, 0.25) is 0 Å². The van der Waals surface area contributed by atoms with Crippen molar-refractivity contribution < 1.29 is 14.8 Å². The summed E-state index contributed by atoms with van der Waals surface area (Å²) >= 11 is 0. The Balaban J connectivity index is 2.27. The molecule has 1 aromatic rings. The summed E-state index contributed by atoms with van der Waals surface area (Å²) in [5, 5.41) is 31.6. The number of aliphatic carboxylic acids is 1. The molecule has 0 radical (unpaired) electrons. The van der Waals surface area contributed by atoms with Crippen LogP contribution in [0.4, 0.5) is 11.5 Å². The minimum atomic E-state index is -0.920. The van der Waals surface area contributed by atoms with Gasteiger partial charge < -0.3 is 10.4 Å². The van der Waals surface area contributed by atoms with E-state index in [1.54, 1.807) is 6.07 Å². The molecule has 104 valence electrons. The smallest absolute Gasteiger partial charge is 0.312 e. The van der Waals surface area contributed by atoms with Crippen LogP contribution in [-0.2, 0) is 4.79 Å². The molecule has 0 saturated heterocycles. The topological polar surface area (TPSA) is 129 Å². The van der Waals surface area contributed by atoms with Crippen molar-refractivity contribution in [1.82, 2.24) is 4.98 Å². The van der Waals surface area contributed by atoms with Crippen LogP contribution in [0, 0.1) is 27.4 Å². The molecule has 20 heavy (non-hydrogen) atoms. The number of anilines is 1. The minimum Gasteiger partial charge on any atom is -0.481 e. The monoisotopic (exact) mass is 276 g/mol. The summed E-state index contributed by atoms with van der Waals surface area (Å²) in [7, 11) is 0. The average Bonchev–Trinajstić information content (AvgIpc) is 2.87. The largest absolute Gasteiger partial charge is 0.481 e. The lowest BCUT2D eigenvalue weighted by molar-refractivity contribution is -0.384. The Morgan fingerprint density at radius 3 is 2.95 bits per heavy atom. The summed E-state index contributed by atoms with van der Waals surface area (Å²) in [5.74, 6) is -1.49. The molecule has 8 nitrogen and oxygen atoms in total. The molecule has 1 fully saturated rings. The van der Waals surface area contributed by atoms with E-state index >= 15 is 0 Å². The van der Waals surface area contributed by atoms with E-state index in [1.165, 1.54) is 6.20 Å². The summed E-state index contributed by atoms with van der Waals surface area (Å²) in [4.78, 5) is 25.3. The Bertz CT molecular complexity index is 596. The lowest BCUT2D eigenvalue weighted by Gasteiger charge is -2.17. The Kier molecular flexibility index (Phi) is 3.79. The van der Waals surface area contributed by atoms with Gasteiger partial charge in [0.2, 0.25) is 5.82 Å². The van der Waals surface area contributed by atoms with Crippen molar-refractivity contribution in [1.29, 1.82) is 5.26 Å². The van der Waals surface area contributed by atoms with Crippen LogP contribution in [0.3, 0.4) is 0 Å². The van der Waals surface area contributed by atoms with Crippen LogP contribution in [0.25, 0.3) is 0 Å². The van der Waals surface area contributed by atoms with E-state index in [1.807, 2.05) is 0 Å². The standard InChI is InChI=1S/C12H12N4O4/c13-5-7-4-10(16(19)20)11(14-6-7)15-9-3-1-2-8(9)12(17)18/h4,6,8-9H,1-3H2,(H,14,15)(H,17,18). The molecule has 1 heterocycles. The summed E-state index contributed by atoms with van der Waals surface area (Å²) < 4.78 is 0. The quantitative estimate of drug-likeness (QED) is 0.629. The molecule has 1 aliphatic carbocycles. The first-order valence-electron chi connectivity index (χ1n) is 6.07. The van der Waals surface area contributed by atoms with E-state index in [0.717, 1.165) is 12.5 Å². The van der Waals surface area contributed by atoms with Gasteiger partial charge in [-0.05, 0) is 12.8 Å². The summed E-state index contributed by atoms with van der Waals surface area (Å²) in [6, 6.07) is 2.52. The normalized spacial score (nSPS) is 21.1. The zero-order valence-corrected chi connectivity index (χ0v) is 10.4. The summed E-state index contributed by atoms with van der Waals surface area (Å²) in [6.07, 6.45) is 3.13. The molecular weight excluding hydrogens is 264 g/mol. The highest BCUT2D eigenvalue weighted by Crippen LogP contribution is 2.31. The lowest BCUT2D eigenvalue weighted by atomic mass is 10.0. The molecule has 1 aromatic heterocycles. The molecule has 2 rings (SSSR count). The minimum absolute atomic E-state index is 0.00662. The van der Waals surface area contributed by atoms with Crippen molar-refractivity contribution in [2.75, 3.05) is 5.32 Å². The number of nitro groups is 1. The second-order valence-corrected chi connectivity index (χ2v) is 4.59. The number of nitrogens with one attached hydrogen (secondary N) is 1. The number of hydrogen-bond acceptors (Lipinski definition) is 6. The van der Waals surface area contributed by atoms with Crippen molar-refractivity contribution in [3.8, 4) is 6.07 Å². The van der Waals surface area contributed by atoms with Crippen LogP contribution < -0.4 is 5.32 Å². The molecule has 0 amide bonds. The second kappa shape index (κ2) is 5.52. The molecule has 0 bridgehead atoms. The third kappa shape index (κ3) is 2.66. The first-order chi connectivity index (χ1) is 9.52. The Labute approximate surface area is 114 Å². The van der Waals surface area contributed by atoms with Gasteiger partial charge in [-0.1, -0.05) is 6.42 Å². The third-order valence-electron chi connectivity index (χ3n) is 3.35. The number of hydrogen-bond donors (Lipinski definition) is 2. The van der Waals surface area contributed by atoms with Gasteiger partial charge in [0.15, 0.2) is 0 Å². The predicted octanol–water partition coefficient (Wildman–Crippen LogP) is 1.53. The maximum absolute atomic E-state index is 11.1. The fourth-order valence-electron chi connectivity index (χ4n) is 2.37. The van der Waals surface area contributed by atoms with Gasteiger partial charge in [-0.3, -0.25) is 14.9 Å². The third-order valence-corrected chi connectivity index (χ3v) is 3.35. The number of pyridine rings is 1. The van der Waals surface area contributed by atoms with Crippen LogP contribution in [-0.4, -0.2) is 27.0 Å². The van der Waals surface area contributed by atoms with E-state index in [9.17, 15) is 14.9 Å². The van der Waals surface area contributed by atoms with Gasteiger partial charge >= 0.3 is 11.7 Å². The van der Waals surface area contributed by atoms with Crippen LogP contribution >= 0.6 is 0 Å². The molecule has 0 aliphatic heterocycles. The summed E-state index contributed by atoms with van der Waals surface area (Å²) in [6.45, 7) is 0. The number of aromatic nitrogens is 1. The van der Waals surface area contributed by atoms with Crippen molar-refractivity contribution in [2.45, 2.75) is 25.3 Å². The molecule has 2 atom stereocenters. The van der Waals surface area contributed by atoms with Crippen molar-refractivity contribution in [3.63, 3.8) is 0 Å². The molecule has 8 heteroatoms. The average molecular weight is 276 g/mol. The highest BCUT2D eigenvalue weighted by Gasteiger charge is 2.34. The molecule has 0 aromatic carbocycles. The number of carboxylic acids is 1. The van der Waals surface area contributed by atoms with E-state index in [4.69, 9.17) is 10.4 Å². The lowest BCUT2D eigenvalue weighted by Crippen LogP contribution is -2.30. The van der Waals surface area contributed by atoms with Crippen molar-refractivity contribution in [2.24, 2.45) is 5.92 Å².